The second kappa shape index (κ2) is 9.07. The Hall–Kier alpha value is -2.59. The fourth-order valence-electron chi connectivity index (χ4n) is 2.45. The van der Waals surface area contributed by atoms with Gasteiger partial charge in [0.05, 0.1) is 18.4 Å². The molecule has 10 heteroatoms. The van der Waals surface area contributed by atoms with Gasteiger partial charge in [-0.05, 0) is 36.2 Å². The van der Waals surface area contributed by atoms with E-state index in [2.05, 4.69) is 14.2 Å². The Morgan fingerprint density at radius 2 is 1.68 bits per heavy atom. The molecule has 2 aromatic carbocycles. The summed E-state index contributed by atoms with van der Waals surface area (Å²) >= 11 is 0. The first-order chi connectivity index (χ1) is 13.1. The van der Waals surface area contributed by atoms with Crippen LogP contribution in [0.3, 0.4) is 0 Å². The van der Waals surface area contributed by atoms with Crippen molar-refractivity contribution in [3.8, 4) is 5.75 Å². The number of ether oxygens (including phenoxy) is 2. The predicted molar refractivity (Wildman–Crippen MR) is 94.0 cm³/mol. The minimum atomic E-state index is -4.88. The molecule has 0 amide bonds. The highest BCUT2D eigenvalue weighted by Crippen LogP contribution is 2.24. The van der Waals surface area contributed by atoms with Crippen LogP contribution in [0.2, 0.25) is 0 Å². The summed E-state index contributed by atoms with van der Waals surface area (Å²) in [5.74, 6) is -1.14. The number of hydrogen-bond acceptors (Lipinski definition) is 5. The molecule has 28 heavy (non-hydrogen) atoms. The van der Waals surface area contributed by atoms with E-state index in [9.17, 15) is 26.4 Å². The average Bonchev–Trinajstić information content (AvgIpc) is 2.61. The molecule has 0 aromatic heterocycles. The van der Waals surface area contributed by atoms with Gasteiger partial charge in [0.2, 0.25) is 10.0 Å². The maximum atomic E-state index is 12.6. The Kier molecular flexibility index (Phi) is 7.03. The highest BCUT2D eigenvalue weighted by Gasteiger charge is 2.31. The molecule has 0 heterocycles. The predicted octanol–water partition coefficient (Wildman–Crippen LogP) is 3.04. The maximum Gasteiger partial charge on any atom is 0.573 e. The van der Waals surface area contributed by atoms with Crippen LogP contribution in [-0.4, -0.2) is 33.9 Å². The Morgan fingerprint density at radius 3 is 2.21 bits per heavy atom. The fraction of sp³-hybridized carbons (Fsp3) is 0.278. The van der Waals surface area contributed by atoms with Gasteiger partial charge in [-0.1, -0.05) is 30.3 Å². The number of carbonyl (C=O) groups excluding carboxylic acids is 1. The largest absolute Gasteiger partial charge is 0.573 e. The van der Waals surface area contributed by atoms with Crippen LogP contribution in [0.5, 0.6) is 5.75 Å². The monoisotopic (exact) mass is 417 g/mol. The zero-order valence-corrected chi connectivity index (χ0v) is 15.6. The highest BCUT2D eigenvalue weighted by atomic mass is 32.2. The number of nitrogens with one attached hydrogen (secondary N) is 1. The zero-order valence-electron chi connectivity index (χ0n) is 14.8. The molecule has 0 saturated heterocycles. The summed E-state index contributed by atoms with van der Waals surface area (Å²) in [6.07, 6.45) is -4.86. The molecule has 0 saturated carbocycles. The Labute approximate surface area is 160 Å². The molecule has 0 unspecified atom stereocenters. The third-order valence-electron chi connectivity index (χ3n) is 3.66. The number of hydrogen-bond donors (Lipinski definition) is 1. The van der Waals surface area contributed by atoms with Crippen molar-refractivity contribution in [2.45, 2.75) is 30.1 Å². The zero-order chi connectivity index (χ0) is 20.8. The lowest BCUT2D eigenvalue weighted by molar-refractivity contribution is -0.274. The summed E-state index contributed by atoms with van der Waals surface area (Å²) < 4.78 is 72.5. The van der Waals surface area contributed by atoms with Crippen molar-refractivity contribution in [3.63, 3.8) is 0 Å². The molecule has 1 atom stereocenters. The summed E-state index contributed by atoms with van der Waals surface area (Å²) in [5, 5.41) is 0. The second-order valence-electron chi connectivity index (χ2n) is 5.81. The van der Waals surface area contributed by atoms with Crippen LogP contribution in [0, 0.1) is 0 Å². The lowest BCUT2D eigenvalue weighted by Gasteiger charge is -2.18. The Balaban J connectivity index is 2.17. The third-order valence-corrected chi connectivity index (χ3v) is 5.19. The van der Waals surface area contributed by atoms with Crippen molar-refractivity contribution < 1.29 is 35.9 Å². The topological polar surface area (TPSA) is 81.7 Å². The molecule has 6 nitrogen and oxygen atoms in total. The number of halogens is 3. The van der Waals surface area contributed by atoms with Crippen LogP contribution in [0.1, 0.15) is 12.0 Å². The van der Waals surface area contributed by atoms with Gasteiger partial charge in [-0.25, -0.2) is 13.1 Å². The van der Waals surface area contributed by atoms with E-state index >= 15 is 0 Å². The van der Waals surface area contributed by atoms with Gasteiger partial charge in [-0.15, -0.1) is 13.2 Å². The average molecular weight is 417 g/mol. The molecular weight excluding hydrogens is 399 g/mol. The molecule has 0 fully saturated rings. The van der Waals surface area contributed by atoms with Gasteiger partial charge in [0.1, 0.15) is 5.75 Å². The second-order valence-corrected chi connectivity index (χ2v) is 7.52. The molecule has 0 spiro atoms. The number of methoxy groups -OCH3 is 1. The standard InChI is InChI=1S/C18H18F3NO5S/c1-26-17(23)12-14(11-13-5-3-2-4-6-13)22-28(24,25)16-9-7-15(8-10-16)27-18(19,20)21/h2-10,14,22H,11-12H2,1H3/t14-/m1/s1. The number of esters is 1. The van der Waals surface area contributed by atoms with E-state index in [-0.39, 0.29) is 17.7 Å². The van der Waals surface area contributed by atoms with Gasteiger partial charge >= 0.3 is 12.3 Å². The van der Waals surface area contributed by atoms with Crippen LogP contribution in [0.15, 0.2) is 59.5 Å². The number of carbonyl (C=O) groups is 1. The van der Waals surface area contributed by atoms with E-state index in [0.717, 1.165) is 29.8 Å². The molecular formula is C18H18F3NO5S. The third kappa shape index (κ3) is 6.86. The van der Waals surface area contributed by atoms with E-state index in [1.165, 1.54) is 7.11 Å². The first-order valence-electron chi connectivity index (χ1n) is 8.08. The van der Waals surface area contributed by atoms with Crippen LogP contribution in [0.25, 0.3) is 0 Å². The normalized spacial score (nSPS) is 13.0. The van der Waals surface area contributed by atoms with Crippen LogP contribution >= 0.6 is 0 Å². The molecule has 0 aliphatic heterocycles. The van der Waals surface area contributed by atoms with Gasteiger partial charge in [0.25, 0.3) is 0 Å². The van der Waals surface area contributed by atoms with Crippen molar-refractivity contribution >= 4 is 16.0 Å². The number of sulfonamides is 1. The first-order valence-corrected chi connectivity index (χ1v) is 9.56. The van der Waals surface area contributed by atoms with Crippen LogP contribution < -0.4 is 9.46 Å². The van der Waals surface area contributed by atoms with Gasteiger partial charge < -0.3 is 9.47 Å². The number of alkyl halides is 3. The number of benzene rings is 2. The van der Waals surface area contributed by atoms with E-state index in [4.69, 9.17) is 0 Å². The van der Waals surface area contributed by atoms with E-state index in [0.29, 0.717) is 0 Å². The molecule has 0 bridgehead atoms. The molecule has 0 radical (unpaired) electrons. The smallest absolute Gasteiger partial charge is 0.469 e. The molecule has 0 aliphatic carbocycles. The summed E-state index contributed by atoms with van der Waals surface area (Å²) in [7, 11) is -2.90. The lowest BCUT2D eigenvalue weighted by Crippen LogP contribution is -2.38. The van der Waals surface area contributed by atoms with Crippen molar-refractivity contribution in [1.82, 2.24) is 4.72 Å². The lowest BCUT2D eigenvalue weighted by atomic mass is 10.0. The Morgan fingerprint density at radius 1 is 1.07 bits per heavy atom. The van der Waals surface area contributed by atoms with Crippen molar-refractivity contribution in [2.75, 3.05) is 7.11 Å². The quantitative estimate of drug-likeness (QED) is 0.668. The Bertz CT molecular complexity index is 884. The molecule has 152 valence electrons. The molecule has 2 rings (SSSR count). The summed E-state index contributed by atoms with van der Waals surface area (Å²) in [4.78, 5) is 11.4. The SMILES string of the molecule is COC(=O)C[C@@H](Cc1ccccc1)NS(=O)(=O)c1ccc(OC(F)(F)F)cc1. The van der Waals surface area contributed by atoms with E-state index < -0.39 is 34.1 Å². The van der Waals surface area contributed by atoms with Crippen molar-refractivity contribution in [2.24, 2.45) is 0 Å². The summed E-state index contributed by atoms with van der Waals surface area (Å²) in [6.45, 7) is 0. The van der Waals surface area contributed by atoms with Gasteiger partial charge in [-0.2, -0.15) is 0 Å². The van der Waals surface area contributed by atoms with Crippen LogP contribution in [0.4, 0.5) is 13.2 Å². The minimum absolute atomic E-state index is 0.208. The maximum absolute atomic E-state index is 12.6. The van der Waals surface area contributed by atoms with E-state index in [1.807, 2.05) is 0 Å². The van der Waals surface area contributed by atoms with E-state index in [1.54, 1.807) is 30.3 Å². The molecule has 2 aromatic rings. The fourth-order valence-corrected chi connectivity index (χ4v) is 3.68. The highest BCUT2D eigenvalue weighted by molar-refractivity contribution is 7.89. The van der Waals surface area contributed by atoms with Gasteiger partial charge in [-0.3, -0.25) is 4.79 Å². The van der Waals surface area contributed by atoms with Gasteiger partial charge in [0, 0.05) is 6.04 Å². The summed E-state index contributed by atoms with van der Waals surface area (Å²) in [6, 6.07) is 11.9. The van der Waals surface area contributed by atoms with Crippen LogP contribution in [-0.2, 0) is 26.0 Å². The first kappa shape index (κ1) is 21.7. The number of rotatable bonds is 8. The molecule has 1 N–H and O–H groups in total. The van der Waals surface area contributed by atoms with Crippen molar-refractivity contribution in [3.05, 3.63) is 60.2 Å². The van der Waals surface area contributed by atoms with Crippen molar-refractivity contribution in [1.29, 1.82) is 0 Å². The minimum Gasteiger partial charge on any atom is -0.469 e. The summed E-state index contributed by atoms with van der Waals surface area (Å²) in [5.41, 5.74) is 0.799. The molecule has 0 aliphatic rings. The van der Waals surface area contributed by atoms with Gasteiger partial charge in [0.15, 0.2) is 0 Å².